The summed E-state index contributed by atoms with van der Waals surface area (Å²) >= 11 is 6.95. The van der Waals surface area contributed by atoms with E-state index in [1.165, 1.54) is 0 Å². The van der Waals surface area contributed by atoms with Gasteiger partial charge in [0.15, 0.2) is 3.78 Å². The molecule has 52 valence electrons. The SMILES string of the molecule is O=C([O-])C(Cl)(Br)C(=O)[O-].[Li+].[Li+]. The van der Waals surface area contributed by atoms with Gasteiger partial charge in [0.2, 0.25) is 0 Å². The van der Waals surface area contributed by atoms with Crippen molar-refractivity contribution in [3.05, 3.63) is 0 Å². The van der Waals surface area contributed by atoms with Crippen molar-refractivity contribution < 1.29 is 57.5 Å². The summed E-state index contributed by atoms with van der Waals surface area (Å²) in [5.41, 5.74) is 0. The quantitative estimate of drug-likeness (QED) is 0.267. The van der Waals surface area contributed by atoms with E-state index in [4.69, 9.17) is 11.6 Å². The normalized spacial score (nSPS) is 8.91. The van der Waals surface area contributed by atoms with Crippen molar-refractivity contribution in [2.45, 2.75) is 3.78 Å². The maximum atomic E-state index is 9.75. The number of carboxylic acids is 2. The smallest absolute Gasteiger partial charge is 0.547 e. The number of aliphatic carboxylic acids is 2. The Morgan fingerprint density at radius 3 is 1.36 bits per heavy atom. The van der Waals surface area contributed by atoms with Crippen molar-refractivity contribution in [2.24, 2.45) is 0 Å². The van der Waals surface area contributed by atoms with Gasteiger partial charge in [0.1, 0.15) is 0 Å². The van der Waals surface area contributed by atoms with Crippen LogP contribution in [-0.4, -0.2) is 15.7 Å². The standard InChI is InChI=1S/C3H2BrClO4.2Li/c4-3(5,1(6)7)2(8)9;;/h(H,6,7)(H,8,9);;/q;2*+1/p-2. The zero-order chi connectivity index (χ0) is 7.65. The van der Waals surface area contributed by atoms with Gasteiger partial charge in [-0.1, -0.05) is 27.5 Å². The number of alkyl halides is 2. The molecule has 8 heteroatoms. The number of rotatable bonds is 2. The second-order valence-electron chi connectivity index (χ2n) is 1.15. The Morgan fingerprint density at radius 1 is 1.18 bits per heavy atom. The fourth-order valence-corrected chi connectivity index (χ4v) is 0.0833. The van der Waals surface area contributed by atoms with Gasteiger partial charge in [-0.3, -0.25) is 0 Å². The summed E-state index contributed by atoms with van der Waals surface area (Å²) in [5.74, 6) is -3.91. The van der Waals surface area contributed by atoms with E-state index in [1.54, 1.807) is 0 Å². The molecule has 0 N–H and O–H groups in total. The first-order valence-electron chi connectivity index (χ1n) is 1.69. The summed E-state index contributed by atoms with van der Waals surface area (Å²) in [6.07, 6.45) is 0. The molecule has 11 heavy (non-hydrogen) atoms. The van der Waals surface area contributed by atoms with E-state index in [9.17, 15) is 19.8 Å². The molecule has 0 bridgehead atoms. The first-order valence-corrected chi connectivity index (χ1v) is 2.87. The van der Waals surface area contributed by atoms with E-state index in [-0.39, 0.29) is 37.7 Å². The molecule has 0 radical (unpaired) electrons. The molecule has 0 aromatic carbocycles. The molecule has 0 rings (SSSR count). The first kappa shape index (κ1) is 17.9. The van der Waals surface area contributed by atoms with Gasteiger partial charge in [-0.15, -0.1) is 0 Å². The third-order valence-corrected chi connectivity index (χ3v) is 1.47. The minimum Gasteiger partial charge on any atom is -0.547 e. The largest absolute Gasteiger partial charge is 1.00 e. The molecule has 0 aromatic rings. The number of hydrogen-bond donors (Lipinski definition) is 0. The molecule has 0 saturated heterocycles. The van der Waals surface area contributed by atoms with Crippen LogP contribution in [0.25, 0.3) is 0 Å². The Bertz CT molecular complexity index is 145. The third-order valence-electron chi connectivity index (χ3n) is 0.513. The van der Waals surface area contributed by atoms with E-state index in [1.807, 2.05) is 0 Å². The van der Waals surface area contributed by atoms with Gasteiger partial charge < -0.3 is 19.8 Å². The van der Waals surface area contributed by atoms with E-state index < -0.39 is 15.7 Å². The summed E-state index contributed by atoms with van der Waals surface area (Å²) in [7, 11) is 0. The predicted molar refractivity (Wildman–Crippen MR) is 27.5 cm³/mol. The topological polar surface area (TPSA) is 80.3 Å². The first-order chi connectivity index (χ1) is 3.89. The van der Waals surface area contributed by atoms with Gasteiger partial charge in [0.25, 0.3) is 0 Å². The minimum absolute atomic E-state index is 0. The Labute approximate surface area is 100 Å². The Kier molecular flexibility index (Phi) is 10.4. The van der Waals surface area contributed by atoms with Crippen LogP contribution in [0, 0.1) is 0 Å². The molecule has 0 spiro atoms. The average Bonchev–Trinajstić information content (AvgIpc) is 1.65. The second-order valence-corrected chi connectivity index (χ2v) is 3.36. The molecule has 0 amide bonds. The summed E-state index contributed by atoms with van der Waals surface area (Å²) in [4.78, 5) is 19.5. The molecule has 0 atom stereocenters. The van der Waals surface area contributed by atoms with Crippen molar-refractivity contribution >= 4 is 39.5 Å². The number of carbonyl (C=O) groups excluding carboxylic acids is 2. The second kappa shape index (κ2) is 6.42. The summed E-state index contributed by atoms with van der Waals surface area (Å²) in [5, 5.41) is 19.5. The van der Waals surface area contributed by atoms with Crippen LogP contribution in [0.5, 0.6) is 0 Å². The van der Waals surface area contributed by atoms with E-state index in [0.29, 0.717) is 0 Å². The van der Waals surface area contributed by atoms with Crippen molar-refractivity contribution in [1.82, 2.24) is 0 Å². The molecule has 4 nitrogen and oxygen atoms in total. The average molecular weight is 229 g/mol. The molecular formula is C3BrClLi2O4. The monoisotopic (exact) mass is 228 g/mol. The van der Waals surface area contributed by atoms with Crippen LogP contribution in [-0.2, 0) is 9.59 Å². The van der Waals surface area contributed by atoms with Gasteiger partial charge in [-0.25, -0.2) is 0 Å². The number of hydrogen-bond acceptors (Lipinski definition) is 4. The van der Waals surface area contributed by atoms with Crippen molar-refractivity contribution in [3.8, 4) is 0 Å². The zero-order valence-corrected chi connectivity index (χ0v) is 8.23. The van der Waals surface area contributed by atoms with Crippen LogP contribution in [0.3, 0.4) is 0 Å². The third kappa shape index (κ3) is 5.19. The van der Waals surface area contributed by atoms with Gasteiger partial charge in [-0.2, -0.15) is 0 Å². The molecule has 0 saturated carbocycles. The van der Waals surface area contributed by atoms with Crippen molar-refractivity contribution in [3.63, 3.8) is 0 Å². The minimum atomic E-state index is -2.60. The molecular weight excluding hydrogens is 229 g/mol. The number of carbonyl (C=O) groups is 2. The number of halogens is 2. The zero-order valence-electron chi connectivity index (χ0n) is 5.89. The molecule has 0 aromatic heterocycles. The molecule has 0 aliphatic rings. The van der Waals surface area contributed by atoms with E-state index in [0.717, 1.165) is 0 Å². The van der Waals surface area contributed by atoms with Crippen LogP contribution >= 0.6 is 27.5 Å². The summed E-state index contributed by atoms with van der Waals surface area (Å²) in [6.45, 7) is 0. The van der Waals surface area contributed by atoms with E-state index >= 15 is 0 Å². The van der Waals surface area contributed by atoms with Crippen LogP contribution in [0.4, 0.5) is 0 Å². The molecule has 0 aliphatic carbocycles. The molecule has 0 unspecified atom stereocenters. The predicted octanol–water partition coefficient (Wildman–Crippen LogP) is -8.18. The molecule has 0 aliphatic heterocycles. The molecule has 0 heterocycles. The van der Waals surface area contributed by atoms with E-state index in [2.05, 4.69) is 15.9 Å². The molecule has 0 fully saturated rings. The number of carboxylic acid groups (broad SMARTS) is 2. The maximum Gasteiger partial charge on any atom is 1.00 e. The van der Waals surface area contributed by atoms with Gasteiger partial charge in [0, 0.05) is 0 Å². The van der Waals surface area contributed by atoms with Gasteiger partial charge in [-0.05, 0) is 0 Å². The van der Waals surface area contributed by atoms with Crippen LogP contribution < -0.4 is 47.9 Å². The fraction of sp³-hybridized carbons (Fsp3) is 0.333. The maximum absolute atomic E-state index is 9.75. The van der Waals surface area contributed by atoms with Crippen LogP contribution in [0.2, 0.25) is 0 Å². The Morgan fingerprint density at radius 2 is 1.36 bits per heavy atom. The fourth-order valence-electron chi connectivity index (χ4n) is 0.0833. The van der Waals surface area contributed by atoms with Crippen molar-refractivity contribution in [1.29, 1.82) is 0 Å². The Balaban J connectivity index is -0.000000320. The van der Waals surface area contributed by atoms with Crippen LogP contribution in [0.15, 0.2) is 0 Å². The summed E-state index contributed by atoms with van der Waals surface area (Å²) < 4.78 is -2.60. The van der Waals surface area contributed by atoms with Crippen LogP contribution in [0.1, 0.15) is 0 Å². The van der Waals surface area contributed by atoms with Crippen molar-refractivity contribution in [2.75, 3.05) is 0 Å². The van der Waals surface area contributed by atoms with Gasteiger partial charge in [0.05, 0.1) is 11.9 Å². The van der Waals surface area contributed by atoms with Gasteiger partial charge >= 0.3 is 37.7 Å². The summed E-state index contributed by atoms with van der Waals surface area (Å²) in [6, 6.07) is 0. The Hall–Kier alpha value is 0.905.